The Balaban J connectivity index is 1.70. The van der Waals surface area contributed by atoms with Gasteiger partial charge in [-0.15, -0.1) is 0 Å². The molecule has 0 saturated carbocycles. The summed E-state index contributed by atoms with van der Waals surface area (Å²) < 4.78 is 0.943. The van der Waals surface area contributed by atoms with E-state index in [0.717, 1.165) is 15.7 Å². The number of carbonyl (C=O) groups is 2. The first-order chi connectivity index (χ1) is 11.4. The van der Waals surface area contributed by atoms with E-state index in [4.69, 9.17) is 11.6 Å². The van der Waals surface area contributed by atoms with Crippen molar-refractivity contribution in [3.8, 4) is 0 Å². The predicted octanol–water partition coefficient (Wildman–Crippen LogP) is 4.40. The molecule has 1 aliphatic heterocycles. The summed E-state index contributed by atoms with van der Waals surface area (Å²) in [6.07, 6.45) is 0.202. The second kappa shape index (κ2) is 6.95. The number of aryl methyl sites for hydroxylation is 1. The monoisotopic (exact) mass is 406 g/mol. The van der Waals surface area contributed by atoms with Gasteiger partial charge in [-0.1, -0.05) is 33.6 Å². The second-order valence-electron chi connectivity index (χ2n) is 5.84. The average molecular weight is 408 g/mol. The van der Waals surface area contributed by atoms with Gasteiger partial charge in [-0.2, -0.15) is 0 Å². The molecular formula is C18H16BrClN2O2. The minimum Gasteiger partial charge on any atom is -0.326 e. The molecular weight excluding hydrogens is 392 g/mol. The van der Waals surface area contributed by atoms with Crippen LogP contribution in [0.1, 0.15) is 12.0 Å². The molecule has 2 amide bonds. The lowest BCUT2D eigenvalue weighted by Crippen LogP contribution is -2.28. The third-order valence-corrected chi connectivity index (χ3v) is 5.01. The third-order valence-electron chi connectivity index (χ3n) is 4.07. The minimum absolute atomic E-state index is 0.0640. The molecule has 124 valence electrons. The van der Waals surface area contributed by atoms with Gasteiger partial charge < -0.3 is 10.2 Å². The molecule has 6 heteroatoms. The molecule has 1 fully saturated rings. The fourth-order valence-corrected chi connectivity index (χ4v) is 3.10. The summed E-state index contributed by atoms with van der Waals surface area (Å²) in [5.41, 5.74) is 2.40. The van der Waals surface area contributed by atoms with Gasteiger partial charge in [0.1, 0.15) is 0 Å². The van der Waals surface area contributed by atoms with E-state index in [1.54, 1.807) is 11.0 Å². The molecule has 0 radical (unpaired) electrons. The van der Waals surface area contributed by atoms with E-state index < -0.39 is 0 Å². The third kappa shape index (κ3) is 3.62. The van der Waals surface area contributed by atoms with E-state index in [2.05, 4.69) is 21.2 Å². The normalized spacial score (nSPS) is 17.2. The Morgan fingerprint density at radius 1 is 1.25 bits per heavy atom. The average Bonchev–Trinajstić information content (AvgIpc) is 2.94. The maximum Gasteiger partial charge on any atom is 0.229 e. The highest BCUT2D eigenvalue weighted by atomic mass is 79.9. The zero-order valence-corrected chi connectivity index (χ0v) is 15.4. The molecule has 1 N–H and O–H groups in total. The van der Waals surface area contributed by atoms with Crippen LogP contribution in [0.15, 0.2) is 46.9 Å². The first-order valence-corrected chi connectivity index (χ1v) is 8.74. The number of amides is 2. The molecule has 0 aliphatic carbocycles. The van der Waals surface area contributed by atoms with Crippen molar-refractivity contribution in [2.75, 3.05) is 16.8 Å². The van der Waals surface area contributed by atoms with Crippen LogP contribution in [0.5, 0.6) is 0 Å². The summed E-state index contributed by atoms with van der Waals surface area (Å²) in [4.78, 5) is 26.3. The molecule has 3 rings (SSSR count). The Labute approximate surface area is 153 Å². The Morgan fingerprint density at radius 2 is 1.96 bits per heavy atom. The first-order valence-electron chi connectivity index (χ1n) is 7.57. The largest absolute Gasteiger partial charge is 0.326 e. The lowest BCUT2D eigenvalue weighted by molar-refractivity contribution is -0.122. The molecule has 1 saturated heterocycles. The number of carbonyl (C=O) groups excluding carboxylic acids is 2. The van der Waals surface area contributed by atoms with Crippen LogP contribution in [0.4, 0.5) is 11.4 Å². The highest BCUT2D eigenvalue weighted by Gasteiger charge is 2.35. The topological polar surface area (TPSA) is 49.4 Å². The smallest absolute Gasteiger partial charge is 0.229 e. The van der Waals surface area contributed by atoms with Crippen LogP contribution >= 0.6 is 27.5 Å². The van der Waals surface area contributed by atoms with E-state index in [1.807, 2.05) is 43.3 Å². The van der Waals surface area contributed by atoms with E-state index in [1.165, 1.54) is 0 Å². The van der Waals surface area contributed by atoms with Gasteiger partial charge in [-0.25, -0.2) is 0 Å². The van der Waals surface area contributed by atoms with Crippen LogP contribution in [0, 0.1) is 12.8 Å². The number of rotatable bonds is 3. The van der Waals surface area contributed by atoms with Gasteiger partial charge in [0.25, 0.3) is 0 Å². The summed E-state index contributed by atoms with van der Waals surface area (Å²) >= 11 is 9.49. The van der Waals surface area contributed by atoms with Gasteiger partial charge >= 0.3 is 0 Å². The maximum absolute atomic E-state index is 12.4. The Bertz CT molecular complexity index is 792. The van der Waals surface area contributed by atoms with Crippen LogP contribution in [0.3, 0.4) is 0 Å². The standard InChI is InChI=1S/C18H16BrClN2O2/c1-11-2-7-15(9-16(11)20)22-10-12(8-17(22)23)18(24)21-14-5-3-13(19)4-6-14/h2-7,9,12H,8,10H2,1H3,(H,21,24)/t12-/m1/s1. The van der Waals surface area contributed by atoms with Crippen LogP contribution in [-0.2, 0) is 9.59 Å². The van der Waals surface area contributed by atoms with Crippen molar-refractivity contribution in [3.05, 3.63) is 57.5 Å². The summed E-state index contributed by atoms with van der Waals surface area (Å²) in [5.74, 6) is -0.585. The number of hydrogen-bond donors (Lipinski definition) is 1. The summed E-state index contributed by atoms with van der Waals surface area (Å²) in [6.45, 7) is 2.27. The van der Waals surface area contributed by atoms with Gasteiger partial charge in [0.05, 0.1) is 5.92 Å². The van der Waals surface area contributed by atoms with E-state index >= 15 is 0 Å². The predicted molar refractivity (Wildman–Crippen MR) is 99.4 cm³/mol. The van der Waals surface area contributed by atoms with Crippen LogP contribution in [-0.4, -0.2) is 18.4 Å². The van der Waals surface area contributed by atoms with Crippen LogP contribution < -0.4 is 10.2 Å². The molecule has 2 aromatic rings. The van der Waals surface area contributed by atoms with Crippen molar-refractivity contribution in [2.24, 2.45) is 5.92 Å². The van der Waals surface area contributed by atoms with Crippen molar-refractivity contribution < 1.29 is 9.59 Å². The summed E-state index contributed by atoms with van der Waals surface area (Å²) in [7, 11) is 0. The Morgan fingerprint density at radius 3 is 2.62 bits per heavy atom. The van der Waals surface area contributed by atoms with Crippen LogP contribution in [0.2, 0.25) is 5.02 Å². The van der Waals surface area contributed by atoms with Crippen molar-refractivity contribution in [3.63, 3.8) is 0 Å². The first kappa shape index (κ1) is 17.0. The molecule has 2 aromatic carbocycles. The fraction of sp³-hybridized carbons (Fsp3) is 0.222. The highest BCUT2D eigenvalue weighted by molar-refractivity contribution is 9.10. The number of benzene rings is 2. The lowest BCUT2D eigenvalue weighted by atomic mass is 10.1. The van der Waals surface area contributed by atoms with Crippen LogP contribution in [0.25, 0.3) is 0 Å². The van der Waals surface area contributed by atoms with Crippen molar-refractivity contribution >= 4 is 50.7 Å². The van der Waals surface area contributed by atoms with E-state index in [-0.39, 0.29) is 24.2 Å². The molecule has 1 atom stereocenters. The highest BCUT2D eigenvalue weighted by Crippen LogP contribution is 2.29. The number of halogens is 2. The molecule has 24 heavy (non-hydrogen) atoms. The van der Waals surface area contributed by atoms with E-state index in [0.29, 0.717) is 17.3 Å². The molecule has 1 aliphatic rings. The Kier molecular flexibility index (Phi) is 4.92. The zero-order chi connectivity index (χ0) is 17.3. The lowest BCUT2D eigenvalue weighted by Gasteiger charge is -2.17. The second-order valence-corrected chi connectivity index (χ2v) is 7.16. The van der Waals surface area contributed by atoms with Crippen molar-refractivity contribution in [1.82, 2.24) is 0 Å². The molecule has 0 bridgehead atoms. The Hall–Kier alpha value is -1.85. The number of anilines is 2. The van der Waals surface area contributed by atoms with Gasteiger partial charge in [0.15, 0.2) is 0 Å². The minimum atomic E-state index is -0.374. The quantitative estimate of drug-likeness (QED) is 0.819. The van der Waals surface area contributed by atoms with Crippen molar-refractivity contribution in [1.29, 1.82) is 0 Å². The summed E-state index contributed by atoms with van der Waals surface area (Å²) in [5, 5.41) is 3.47. The molecule has 1 heterocycles. The summed E-state index contributed by atoms with van der Waals surface area (Å²) in [6, 6.07) is 12.8. The van der Waals surface area contributed by atoms with Gasteiger partial charge in [0.2, 0.25) is 11.8 Å². The van der Waals surface area contributed by atoms with Gasteiger partial charge in [-0.05, 0) is 48.9 Å². The van der Waals surface area contributed by atoms with Gasteiger partial charge in [-0.3, -0.25) is 9.59 Å². The molecule has 0 aromatic heterocycles. The van der Waals surface area contributed by atoms with Crippen molar-refractivity contribution in [2.45, 2.75) is 13.3 Å². The zero-order valence-electron chi connectivity index (χ0n) is 13.1. The number of nitrogens with one attached hydrogen (secondary N) is 1. The number of nitrogens with zero attached hydrogens (tertiary/aromatic N) is 1. The fourth-order valence-electron chi connectivity index (χ4n) is 2.66. The SMILES string of the molecule is Cc1ccc(N2C[C@H](C(=O)Nc3ccc(Br)cc3)CC2=O)cc1Cl. The maximum atomic E-state index is 12.4. The molecule has 4 nitrogen and oxygen atoms in total. The molecule has 0 unspecified atom stereocenters. The number of hydrogen-bond acceptors (Lipinski definition) is 2. The molecule has 0 spiro atoms. The van der Waals surface area contributed by atoms with E-state index in [9.17, 15) is 9.59 Å². The van der Waals surface area contributed by atoms with Gasteiger partial charge in [0, 0.05) is 33.8 Å².